The second-order valence-corrected chi connectivity index (χ2v) is 9.90. The standard InChI is InChI=1S/C22H34O4/c1-4-11-26-20-15-6-5-13-14-7-8-18(25)22(14,3)12-17(24)19(13)21(15,2)10-9-16(20)23/h13-16,19-20,23H,4-12H2,1-3H3. The summed E-state index contributed by atoms with van der Waals surface area (Å²) >= 11 is 0. The van der Waals surface area contributed by atoms with Crippen molar-refractivity contribution in [3.8, 4) is 0 Å². The van der Waals surface area contributed by atoms with Crippen molar-refractivity contribution in [1.29, 1.82) is 0 Å². The summed E-state index contributed by atoms with van der Waals surface area (Å²) in [6.07, 6.45) is 6.08. The molecule has 0 bridgehead atoms. The number of carbonyl (C=O) groups excluding carboxylic acids is 2. The van der Waals surface area contributed by atoms with Gasteiger partial charge in [-0.15, -0.1) is 0 Å². The number of ketones is 2. The maximum Gasteiger partial charge on any atom is 0.139 e. The first-order valence-corrected chi connectivity index (χ1v) is 10.7. The Morgan fingerprint density at radius 1 is 1.12 bits per heavy atom. The lowest BCUT2D eigenvalue weighted by molar-refractivity contribution is -0.190. The van der Waals surface area contributed by atoms with Crippen LogP contribution in [0, 0.1) is 34.5 Å². The number of hydrogen-bond acceptors (Lipinski definition) is 4. The minimum absolute atomic E-state index is 0.0467. The zero-order chi connectivity index (χ0) is 18.7. The van der Waals surface area contributed by atoms with Crippen molar-refractivity contribution < 1.29 is 19.4 Å². The first-order chi connectivity index (χ1) is 12.3. The van der Waals surface area contributed by atoms with Gasteiger partial charge in [-0.3, -0.25) is 9.59 Å². The van der Waals surface area contributed by atoms with Crippen molar-refractivity contribution in [3.63, 3.8) is 0 Å². The molecule has 1 N–H and O–H groups in total. The molecule has 0 aromatic heterocycles. The molecule has 0 heterocycles. The van der Waals surface area contributed by atoms with Crippen LogP contribution in [-0.4, -0.2) is 35.5 Å². The Hall–Kier alpha value is -0.740. The van der Waals surface area contributed by atoms with Gasteiger partial charge in [-0.05, 0) is 61.7 Å². The maximum atomic E-state index is 13.3. The van der Waals surface area contributed by atoms with E-state index in [2.05, 4.69) is 13.8 Å². The molecular weight excluding hydrogens is 328 g/mol. The highest BCUT2D eigenvalue weighted by Gasteiger charge is 2.64. The minimum atomic E-state index is -0.409. The van der Waals surface area contributed by atoms with Crippen molar-refractivity contribution in [2.45, 2.75) is 84.3 Å². The summed E-state index contributed by atoms with van der Waals surface area (Å²) in [5, 5.41) is 10.6. The third-order valence-electron chi connectivity index (χ3n) is 8.61. The molecule has 0 radical (unpaired) electrons. The zero-order valence-electron chi connectivity index (χ0n) is 16.5. The topological polar surface area (TPSA) is 63.6 Å². The normalized spacial score (nSPS) is 50.9. The average molecular weight is 363 g/mol. The van der Waals surface area contributed by atoms with Gasteiger partial charge >= 0.3 is 0 Å². The molecule has 4 saturated carbocycles. The lowest BCUT2D eigenvalue weighted by Crippen LogP contribution is -2.61. The summed E-state index contributed by atoms with van der Waals surface area (Å²) in [7, 11) is 0. The number of fused-ring (bicyclic) bond motifs is 5. The molecule has 4 heteroatoms. The predicted octanol–water partition coefficient (Wildman–Crippen LogP) is 3.54. The largest absolute Gasteiger partial charge is 0.390 e. The molecular formula is C22H34O4. The van der Waals surface area contributed by atoms with E-state index >= 15 is 0 Å². The van der Waals surface area contributed by atoms with Gasteiger partial charge in [0.15, 0.2) is 0 Å². The van der Waals surface area contributed by atoms with Crippen molar-refractivity contribution in [3.05, 3.63) is 0 Å². The third kappa shape index (κ3) is 2.47. The van der Waals surface area contributed by atoms with E-state index in [-0.39, 0.29) is 23.4 Å². The van der Waals surface area contributed by atoms with E-state index in [9.17, 15) is 14.7 Å². The Morgan fingerprint density at radius 2 is 1.88 bits per heavy atom. The first-order valence-electron chi connectivity index (χ1n) is 10.7. The SMILES string of the molecule is CCCOC1C(O)CCC2(C)C1CCC1C3CCC(=O)C3(C)CC(=O)C12. The van der Waals surface area contributed by atoms with Crippen LogP contribution in [0.2, 0.25) is 0 Å². The van der Waals surface area contributed by atoms with Gasteiger partial charge in [0.25, 0.3) is 0 Å². The molecule has 0 spiro atoms. The molecule has 4 aliphatic rings. The molecule has 4 rings (SSSR count). The van der Waals surface area contributed by atoms with Crippen molar-refractivity contribution in [2.75, 3.05) is 6.61 Å². The number of hydrogen-bond donors (Lipinski definition) is 1. The Kier molecular flexibility index (Phi) is 4.59. The zero-order valence-corrected chi connectivity index (χ0v) is 16.5. The summed E-state index contributed by atoms with van der Waals surface area (Å²) in [5.74, 6) is 1.63. The van der Waals surface area contributed by atoms with Crippen LogP contribution in [0.25, 0.3) is 0 Å². The predicted molar refractivity (Wildman–Crippen MR) is 98.5 cm³/mol. The van der Waals surface area contributed by atoms with E-state index in [1.54, 1.807) is 0 Å². The van der Waals surface area contributed by atoms with Crippen LogP contribution < -0.4 is 0 Å². The van der Waals surface area contributed by atoms with Gasteiger partial charge in [-0.25, -0.2) is 0 Å². The van der Waals surface area contributed by atoms with E-state index in [1.807, 2.05) is 6.92 Å². The van der Waals surface area contributed by atoms with Crippen molar-refractivity contribution >= 4 is 11.6 Å². The Bertz CT molecular complexity index is 601. The fourth-order valence-corrected chi connectivity index (χ4v) is 7.37. The molecule has 0 aromatic rings. The number of Topliss-reactive ketones (excluding diaryl/α,β-unsaturated/α-hetero) is 2. The van der Waals surface area contributed by atoms with Crippen LogP contribution in [-0.2, 0) is 14.3 Å². The van der Waals surface area contributed by atoms with Crippen LogP contribution >= 0.6 is 0 Å². The molecule has 4 nitrogen and oxygen atoms in total. The summed E-state index contributed by atoms with van der Waals surface area (Å²) in [4.78, 5) is 25.8. The van der Waals surface area contributed by atoms with Crippen LogP contribution in [0.15, 0.2) is 0 Å². The molecule has 0 aliphatic heterocycles. The third-order valence-corrected chi connectivity index (χ3v) is 8.61. The fourth-order valence-electron chi connectivity index (χ4n) is 7.37. The molecule has 0 saturated heterocycles. The van der Waals surface area contributed by atoms with Crippen molar-refractivity contribution in [1.82, 2.24) is 0 Å². The van der Waals surface area contributed by atoms with Crippen molar-refractivity contribution in [2.24, 2.45) is 34.5 Å². The quantitative estimate of drug-likeness (QED) is 0.834. The fraction of sp³-hybridized carbons (Fsp3) is 0.909. The number of carbonyl (C=O) groups is 2. The average Bonchev–Trinajstić information content (AvgIpc) is 2.89. The first kappa shape index (κ1) is 18.6. The van der Waals surface area contributed by atoms with Crippen LogP contribution in [0.5, 0.6) is 0 Å². The van der Waals surface area contributed by atoms with E-state index in [0.29, 0.717) is 42.9 Å². The van der Waals surface area contributed by atoms with E-state index in [4.69, 9.17) is 4.74 Å². The van der Waals surface area contributed by atoms with E-state index < -0.39 is 11.5 Å². The molecule has 0 amide bonds. The Morgan fingerprint density at radius 3 is 2.62 bits per heavy atom. The van der Waals surface area contributed by atoms with E-state index in [1.165, 1.54) is 0 Å². The number of aliphatic hydroxyl groups excluding tert-OH is 1. The van der Waals surface area contributed by atoms with Gasteiger partial charge in [-0.2, -0.15) is 0 Å². The summed E-state index contributed by atoms with van der Waals surface area (Å²) in [6, 6.07) is 0. The second-order valence-electron chi connectivity index (χ2n) is 9.90. The minimum Gasteiger partial charge on any atom is -0.390 e. The lowest BCUT2D eigenvalue weighted by atomic mass is 9.44. The second kappa shape index (κ2) is 6.41. The van der Waals surface area contributed by atoms with E-state index in [0.717, 1.165) is 38.5 Å². The van der Waals surface area contributed by atoms with Gasteiger partial charge in [-0.1, -0.05) is 20.8 Å². The number of ether oxygens (including phenoxy) is 1. The van der Waals surface area contributed by atoms with Gasteiger partial charge in [0.2, 0.25) is 0 Å². The maximum absolute atomic E-state index is 13.3. The number of rotatable bonds is 3. The van der Waals surface area contributed by atoms with Gasteiger partial charge < -0.3 is 9.84 Å². The smallest absolute Gasteiger partial charge is 0.139 e. The molecule has 4 fully saturated rings. The monoisotopic (exact) mass is 362 g/mol. The van der Waals surface area contributed by atoms with Gasteiger partial charge in [0.05, 0.1) is 12.2 Å². The Balaban J connectivity index is 1.66. The number of aliphatic hydroxyl groups is 1. The van der Waals surface area contributed by atoms with Crippen LogP contribution in [0.1, 0.15) is 72.1 Å². The van der Waals surface area contributed by atoms with Crippen LogP contribution in [0.3, 0.4) is 0 Å². The molecule has 26 heavy (non-hydrogen) atoms. The molecule has 8 atom stereocenters. The van der Waals surface area contributed by atoms with Gasteiger partial charge in [0.1, 0.15) is 11.6 Å². The molecule has 4 aliphatic carbocycles. The highest BCUT2D eigenvalue weighted by Crippen LogP contribution is 2.64. The summed E-state index contributed by atoms with van der Waals surface area (Å²) in [5.41, 5.74) is -0.502. The van der Waals surface area contributed by atoms with Crippen LogP contribution in [0.4, 0.5) is 0 Å². The Labute approximate surface area is 157 Å². The molecule has 146 valence electrons. The van der Waals surface area contributed by atoms with Gasteiger partial charge in [0, 0.05) is 30.8 Å². The molecule has 8 unspecified atom stereocenters. The molecule has 0 aromatic carbocycles. The lowest BCUT2D eigenvalue weighted by Gasteiger charge is -2.60. The summed E-state index contributed by atoms with van der Waals surface area (Å²) < 4.78 is 6.10. The highest BCUT2D eigenvalue weighted by atomic mass is 16.5. The summed E-state index contributed by atoms with van der Waals surface area (Å²) in [6.45, 7) is 7.09. The highest BCUT2D eigenvalue weighted by molar-refractivity contribution is 5.95.